The molecular formula is C12H22NO-. The van der Waals surface area contributed by atoms with Gasteiger partial charge >= 0.3 is 0 Å². The van der Waals surface area contributed by atoms with E-state index in [0.29, 0.717) is 6.42 Å². The highest BCUT2D eigenvalue weighted by Crippen LogP contribution is 2.11. The first-order valence-corrected chi connectivity index (χ1v) is 6.10. The molecule has 0 aromatic carbocycles. The number of hydrogen-bond donors (Lipinski definition) is 0. The Labute approximate surface area is 87.4 Å². The lowest BCUT2D eigenvalue weighted by atomic mass is 10.1. The largest absolute Gasteiger partial charge is 0.862 e. The minimum atomic E-state index is 0.129. The molecule has 0 fully saturated rings. The molecule has 0 bridgehead atoms. The highest BCUT2D eigenvalue weighted by Gasteiger charge is 1.94. The van der Waals surface area contributed by atoms with Gasteiger partial charge in [-0.1, -0.05) is 44.9 Å². The summed E-state index contributed by atoms with van der Waals surface area (Å²) in [6.07, 6.45) is 12.0. The van der Waals surface area contributed by atoms with Gasteiger partial charge in [0.15, 0.2) is 0 Å². The molecular weight excluding hydrogens is 174 g/mol. The number of aliphatic imine (C=N–C) groups is 1. The Balaban J connectivity index is 2.21. The van der Waals surface area contributed by atoms with E-state index in [9.17, 15) is 5.11 Å². The third-order valence-corrected chi connectivity index (χ3v) is 2.84. The maximum absolute atomic E-state index is 11.2. The van der Waals surface area contributed by atoms with E-state index >= 15 is 0 Å². The van der Waals surface area contributed by atoms with Gasteiger partial charge in [-0.25, -0.2) is 0 Å². The molecule has 0 saturated carbocycles. The fourth-order valence-electron chi connectivity index (χ4n) is 1.91. The Morgan fingerprint density at radius 3 is 1.86 bits per heavy atom. The van der Waals surface area contributed by atoms with E-state index in [-0.39, 0.29) is 5.90 Å². The lowest BCUT2D eigenvalue weighted by molar-refractivity contribution is -0.219. The summed E-state index contributed by atoms with van der Waals surface area (Å²) in [5.74, 6) is 0.129. The van der Waals surface area contributed by atoms with Gasteiger partial charge in [0.2, 0.25) is 0 Å². The molecule has 0 amide bonds. The molecule has 82 valence electrons. The summed E-state index contributed by atoms with van der Waals surface area (Å²) in [5, 5.41) is 11.2. The monoisotopic (exact) mass is 196 g/mol. The third kappa shape index (κ3) is 6.01. The van der Waals surface area contributed by atoms with Crippen molar-refractivity contribution in [3.05, 3.63) is 0 Å². The minimum Gasteiger partial charge on any atom is -0.862 e. The average Bonchev–Trinajstić information content (AvgIpc) is 2.20. The normalized spacial score (nSPS) is 22.7. The van der Waals surface area contributed by atoms with E-state index in [0.717, 1.165) is 19.4 Å². The van der Waals surface area contributed by atoms with Crippen molar-refractivity contribution in [3.63, 3.8) is 0 Å². The van der Waals surface area contributed by atoms with Crippen LogP contribution in [0, 0.1) is 0 Å². The van der Waals surface area contributed by atoms with Gasteiger partial charge in [-0.15, -0.1) is 0 Å². The summed E-state index contributed by atoms with van der Waals surface area (Å²) in [7, 11) is 0. The van der Waals surface area contributed by atoms with Gasteiger partial charge in [0, 0.05) is 6.54 Å². The molecule has 0 aromatic heterocycles. The second-order valence-corrected chi connectivity index (χ2v) is 4.21. The van der Waals surface area contributed by atoms with Crippen LogP contribution in [-0.4, -0.2) is 12.4 Å². The number of rotatable bonds is 0. The van der Waals surface area contributed by atoms with Crippen LogP contribution in [0.5, 0.6) is 0 Å². The van der Waals surface area contributed by atoms with Crippen LogP contribution >= 0.6 is 0 Å². The van der Waals surface area contributed by atoms with Crippen molar-refractivity contribution in [1.82, 2.24) is 0 Å². The molecule has 0 aromatic rings. The molecule has 1 rings (SSSR count). The lowest BCUT2D eigenvalue weighted by Gasteiger charge is -2.09. The fourth-order valence-corrected chi connectivity index (χ4v) is 1.91. The van der Waals surface area contributed by atoms with Crippen LogP contribution in [-0.2, 0) is 0 Å². The molecule has 0 atom stereocenters. The standard InChI is InChI=1S/C12H23NO/c14-12-10-8-6-4-2-1-3-5-7-9-11-13-12/h1-11H2,(H,13,14)/p-1. The zero-order chi connectivity index (χ0) is 10.1. The van der Waals surface area contributed by atoms with E-state index in [1.165, 1.54) is 44.9 Å². The molecule has 0 aliphatic carbocycles. The van der Waals surface area contributed by atoms with Crippen molar-refractivity contribution in [3.8, 4) is 0 Å². The molecule has 1 aliphatic rings. The second kappa shape index (κ2) is 7.84. The van der Waals surface area contributed by atoms with Gasteiger partial charge in [-0.3, -0.25) is 0 Å². The van der Waals surface area contributed by atoms with Gasteiger partial charge in [0.05, 0.1) is 0 Å². The van der Waals surface area contributed by atoms with E-state index in [1.54, 1.807) is 0 Å². The van der Waals surface area contributed by atoms with Gasteiger partial charge in [0.1, 0.15) is 0 Å². The Bertz CT molecular complexity index is 166. The Kier molecular flexibility index (Phi) is 6.46. The van der Waals surface area contributed by atoms with Crippen molar-refractivity contribution in [2.24, 2.45) is 4.99 Å². The topological polar surface area (TPSA) is 35.4 Å². The first kappa shape index (κ1) is 11.5. The molecule has 1 aliphatic heterocycles. The van der Waals surface area contributed by atoms with Gasteiger partial charge in [-0.2, -0.15) is 0 Å². The van der Waals surface area contributed by atoms with Crippen LogP contribution < -0.4 is 5.11 Å². The van der Waals surface area contributed by atoms with Crippen molar-refractivity contribution >= 4 is 5.90 Å². The molecule has 0 N–H and O–H groups in total. The van der Waals surface area contributed by atoms with Crippen molar-refractivity contribution in [2.75, 3.05) is 6.54 Å². The minimum absolute atomic E-state index is 0.129. The molecule has 0 radical (unpaired) electrons. The van der Waals surface area contributed by atoms with Gasteiger partial charge < -0.3 is 10.1 Å². The summed E-state index contributed by atoms with van der Waals surface area (Å²) in [4.78, 5) is 4.05. The first-order valence-electron chi connectivity index (χ1n) is 6.10. The predicted octanol–water partition coefficient (Wildman–Crippen LogP) is 2.66. The van der Waals surface area contributed by atoms with Crippen LogP contribution in [0.1, 0.15) is 64.2 Å². The first-order chi connectivity index (χ1) is 6.89. The van der Waals surface area contributed by atoms with Crippen LogP contribution in [0.25, 0.3) is 0 Å². The summed E-state index contributed by atoms with van der Waals surface area (Å²) in [6, 6.07) is 0. The van der Waals surface area contributed by atoms with Crippen molar-refractivity contribution in [1.29, 1.82) is 0 Å². The van der Waals surface area contributed by atoms with E-state index < -0.39 is 0 Å². The van der Waals surface area contributed by atoms with Gasteiger partial charge in [-0.05, 0) is 25.2 Å². The summed E-state index contributed by atoms with van der Waals surface area (Å²) in [6.45, 7) is 0.763. The van der Waals surface area contributed by atoms with E-state index in [1.807, 2.05) is 0 Å². The summed E-state index contributed by atoms with van der Waals surface area (Å²) < 4.78 is 0. The highest BCUT2D eigenvalue weighted by molar-refractivity contribution is 5.71. The maximum atomic E-state index is 11.2. The molecule has 1 heterocycles. The maximum Gasteiger partial charge on any atom is 0.0378 e. The smallest absolute Gasteiger partial charge is 0.0378 e. The summed E-state index contributed by atoms with van der Waals surface area (Å²) in [5.41, 5.74) is 0. The second-order valence-electron chi connectivity index (χ2n) is 4.21. The zero-order valence-electron chi connectivity index (χ0n) is 9.13. The zero-order valence-corrected chi connectivity index (χ0v) is 9.13. The van der Waals surface area contributed by atoms with Crippen LogP contribution in [0.4, 0.5) is 0 Å². The van der Waals surface area contributed by atoms with E-state index in [2.05, 4.69) is 4.99 Å². The molecule has 2 nitrogen and oxygen atoms in total. The predicted molar refractivity (Wildman–Crippen MR) is 58.5 cm³/mol. The van der Waals surface area contributed by atoms with Crippen LogP contribution in [0.3, 0.4) is 0 Å². The Morgan fingerprint density at radius 1 is 0.714 bits per heavy atom. The van der Waals surface area contributed by atoms with Crippen molar-refractivity contribution in [2.45, 2.75) is 64.2 Å². The quantitative estimate of drug-likeness (QED) is 0.586. The number of hydrogen-bond acceptors (Lipinski definition) is 2. The molecule has 2 heteroatoms. The Morgan fingerprint density at radius 2 is 1.21 bits per heavy atom. The molecule has 14 heavy (non-hydrogen) atoms. The summed E-state index contributed by atoms with van der Waals surface area (Å²) >= 11 is 0. The molecule has 0 saturated heterocycles. The average molecular weight is 196 g/mol. The number of nitrogens with zero attached hydrogens (tertiary/aromatic N) is 1. The van der Waals surface area contributed by atoms with Crippen molar-refractivity contribution < 1.29 is 5.11 Å². The van der Waals surface area contributed by atoms with Crippen LogP contribution in [0.2, 0.25) is 0 Å². The molecule has 0 spiro atoms. The van der Waals surface area contributed by atoms with Gasteiger partial charge in [0.25, 0.3) is 0 Å². The lowest BCUT2D eigenvalue weighted by Crippen LogP contribution is -2.17. The SMILES string of the molecule is [O-]C1=NCCCCCCCCCCC1. The fraction of sp³-hybridized carbons (Fsp3) is 0.917. The Hall–Kier alpha value is -0.530. The third-order valence-electron chi connectivity index (χ3n) is 2.84. The van der Waals surface area contributed by atoms with Crippen LogP contribution in [0.15, 0.2) is 4.99 Å². The van der Waals surface area contributed by atoms with E-state index in [4.69, 9.17) is 0 Å². The molecule has 0 unspecified atom stereocenters. The highest BCUT2D eigenvalue weighted by atomic mass is 16.3.